The Morgan fingerprint density at radius 1 is 1.10 bits per heavy atom. The molecule has 40 heavy (non-hydrogen) atoms. The molecule has 0 spiro atoms. The van der Waals surface area contributed by atoms with Crippen molar-refractivity contribution in [3.8, 4) is 0 Å². The lowest BCUT2D eigenvalue weighted by molar-refractivity contribution is 0.0532. The summed E-state index contributed by atoms with van der Waals surface area (Å²) in [4.78, 5) is 4.49. The summed E-state index contributed by atoms with van der Waals surface area (Å²) >= 11 is 6.29. The summed E-state index contributed by atoms with van der Waals surface area (Å²) in [6.07, 6.45) is 0.956. The van der Waals surface area contributed by atoms with E-state index in [1.54, 1.807) is 37.3 Å². The number of aliphatic hydroxyl groups excluding tert-OH is 2. The molecule has 0 unspecified atom stereocenters. The van der Waals surface area contributed by atoms with E-state index in [9.17, 15) is 23.0 Å². The third-order valence-corrected chi connectivity index (χ3v) is 9.61. The highest BCUT2D eigenvalue weighted by Gasteiger charge is 2.40. The average Bonchev–Trinajstić information content (AvgIpc) is 2.92. The largest absolute Gasteiger partial charge is 0.394 e. The fourth-order valence-corrected chi connectivity index (χ4v) is 7.53. The van der Waals surface area contributed by atoms with Gasteiger partial charge in [-0.05, 0) is 66.9 Å². The minimum atomic E-state index is -3.91. The minimum Gasteiger partial charge on any atom is -0.394 e. The van der Waals surface area contributed by atoms with Gasteiger partial charge < -0.3 is 15.1 Å². The van der Waals surface area contributed by atoms with Crippen molar-refractivity contribution in [1.82, 2.24) is 4.90 Å². The molecule has 2 atom stereocenters. The number of aryl methyl sites for hydroxylation is 1. The van der Waals surface area contributed by atoms with Crippen LogP contribution < -0.4 is 9.21 Å². The molecule has 0 amide bonds. The summed E-state index contributed by atoms with van der Waals surface area (Å²) in [6, 6.07) is 16.9. The van der Waals surface area contributed by atoms with E-state index in [1.165, 1.54) is 10.4 Å². The van der Waals surface area contributed by atoms with Crippen LogP contribution >= 0.6 is 11.6 Å². The molecule has 0 aliphatic carbocycles. The zero-order valence-electron chi connectivity index (χ0n) is 22.5. The van der Waals surface area contributed by atoms with Crippen LogP contribution in [-0.4, -0.2) is 75.0 Å². The predicted molar refractivity (Wildman–Crippen MR) is 158 cm³/mol. The van der Waals surface area contributed by atoms with Crippen molar-refractivity contribution in [3.05, 3.63) is 88.2 Å². The highest BCUT2D eigenvalue weighted by atomic mass is 35.5. The molecule has 0 radical (unpaired) electrons. The van der Waals surface area contributed by atoms with Gasteiger partial charge in [-0.2, -0.15) is 0 Å². The number of piperazine rings is 1. The number of hydrogen-bond acceptors (Lipinski definition) is 6. The van der Waals surface area contributed by atoms with E-state index in [1.807, 2.05) is 37.3 Å². The van der Waals surface area contributed by atoms with E-state index < -0.39 is 21.9 Å². The number of aliphatic hydroxyl groups is 2. The molecular weight excluding hydrogens is 553 g/mol. The number of benzene rings is 3. The molecule has 1 fully saturated rings. The van der Waals surface area contributed by atoms with Gasteiger partial charge in [-0.25, -0.2) is 12.8 Å². The van der Waals surface area contributed by atoms with Crippen LogP contribution in [-0.2, 0) is 10.0 Å². The Morgan fingerprint density at radius 3 is 2.60 bits per heavy atom. The zero-order chi connectivity index (χ0) is 28.6. The Hall–Kier alpha value is -2.95. The number of nitrogens with zero attached hydrogens (tertiary/aromatic N) is 3. The van der Waals surface area contributed by atoms with Gasteiger partial charge in [0.2, 0.25) is 0 Å². The van der Waals surface area contributed by atoms with E-state index in [2.05, 4.69) is 9.80 Å². The molecule has 7 nitrogen and oxygen atoms in total. The smallest absolute Gasteiger partial charge is 0.264 e. The van der Waals surface area contributed by atoms with Crippen molar-refractivity contribution in [2.24, 2.45) is 0 Å². The highest BCUT2D eigenvalue weighted by Crippen LogP contribution is 2.41. The Balaban J connectivity index is 1.57. The average molecular weight is 586 g/mol. The first-order chi connectivity index (χ1) is 19.1. The molecule has 3 aromatic rings. The number of rotatable bonds is 7. The first-order valence-electron chi connectivity index (χ1n) is 13.2. The quantitative estimate of drug-likeness (QED) is 0.400. The number of allylic oxidation sites excluding steroid dienone is 1. The topological polar surface area (TPSA) is 84.3 Å². The Kier molecular flexibility index (Phi) is 8.22. The van der Waals surface area contributed by atoms with Crippen molar-refractivity contribution in [2.45, 2.75) is 30.9 Å². The standard InChI is InChI=1S/C30H33ClFN3O4S/c1-20-5-3-6-25(13-20)40(38,39)35-17-23-16-33(18-24(37)19-36)11-12-34(23)28-10-9-22(15-29(28)35)14-21(2)30-26(31)7-4-8-27(30)32/h3-10,13-15,23-24,36-37H,11-12,16-19H2,1-2H3/b21-14+/t23-,24-/m0/s1. The lowest BCUT2D eigenvalue weighted by atomic mass is 10.0. The third-order valence-electron chi connectivity index (χ3n) is 7.52. The van der Waals surface area contributed by atoms with E-state index in [4.69, 9.17) is 11.6 Å². The lowest BCUT2D eigenvalue weighted by Gasteiger charge is -2.49. The number of fused-ring (bicyclic) bond motifs is 3. The summed E-state index contributed by atoms with van der Waals surface area (Å²) in [6.45, 7) is 5.72. The van der Waals surface area contributed by atoms with Gasteiger partial charge >= 0.3 is 0 Å². The number of anilines is 2. The fraction of sp³-hybridized carbons (Fsp3) is 0.333. The van der Waals surface area contributed by atoms with Crippen LogP contribution in [0.3, 0.4) is 0 Å². The molecule has 0 saturated carbocycles. The first kappa shape index (κ1) is 28.6. The summed E-state index contributed by atoms with van der Waals surface area (Å²) in [5, 5.41) is 19.6. The first-order valence-corrected chi connectivity index (χ1v) is 15.0. The number of β-amino-alcohol motifs (C(OH)–C–C–N with tert-alkyl or cyclic N) is 1. The summed E-state index contributed by atoms with van der Waals surface area (Å²) < 4.78 is 44.2. The molecule has 0 aromatic heterocycles. The minimum absolute atomic E-state index is 0.146. The van der Waals surface area contributed by atoms with Crippen LogP contribution in [0, 0.1) is 12.7 Å². The van der Waals surface area contributed by atoms with Gasteiger partial charge in [-0.15, -0.1) is 0 Å². The van der Waals surface area contributed by atoms with Gasteiger partial charge in [0.1, 0.15) is 5.82 Å². The van der Waals surface area contributed by atoms with Gasteiger partial charge in [0.25, 0.3) is 10.0 Å². The molecule has 2 heterocycles. The van der Waals surface area contributed by atoms with Crippen molar-refractivity contribution < 1.29 is 23.0 Å². The Labute approximate surface area is 239 Å². The van der Waals surface area contributed by atoms with Gasteiger partial charge in [0.05, 0.1) is 46.6 Å². The lowest BCUT2D eigenvalue weighted by Crippen LogP contribution is -2.61. The molecule has 5 rings (SSSR count). The molecule has 2 aliphatic heterocycles. The molecular formula is C30H33ClFN3O4S. The number of halogens is 2. The van der Waals surface area contributed by atoms with E-state index >= 15 is 0 Å². The predicted octanol–water partition coefficient (Wildman–Crippen LogP) is 4.40. The number of hydrogen-bond donors (Lipinski definition) is 2. The SMILES string of the molecule is C/C(=C\c1ccc2c(c1)N(S(=O)(=O)c1cccc(C)c1)C[C@@H]1CN(C[C@H](O)CO)CCN21)c1c(F)cccc1Cl. The molecule has 2 aliphatic rings. The van der Waals surface area contributed by atoms with Gasteiger partial charge in [-0.1, -0.05) is 41.9 Å². The molecule has 0 bridgehead atoms. The normalized spacial score (nSPS) is 18.9. The molecule has 3 aromatic carbocycles. The van der Waals surface area contributed by atoms with E-state index in [-0.39, 0.29) is 24.1 Å². The maximum Gasteiger partial charge on any atom is 0.264 e. The van der Waals surface area contributed by atoms with Crippen LogP contribution in [0.2, 0.25) is 5.02 Å². The molecule has 212 valence electrons. The van der Waals surface area contributed by atoms with Gasteiger partial charge in [0.15, 0.2) is 0 Å². The second-order valence-electron chi connectivity index (χ2n) is 10.5. The zero-order valence-corrected chi connectivity index (χ0v) is 24.0. The third kappa shape index (κ3) is 5.62. The molecule has 1 saturated heterocycles. The maximum absolute atomic E-state index is 14.6. The summed E-state index contributed by atoms with van der Waals surface area (Å²) in [7, 11) is -3.91. The summed E-state index contributed by atoms with van der Waals surface area (Å²) in [5.74, 6) is -0.421. The monoisotopic (exact) mass is 585 g/mol. The van der Waals surface area contributed by atoms with Crippen LogP contribution in [0.15, 0.2) is 65.6 Å². The highest BCUT2D eigenvalue weighted by molar-refractivity contribution is 7.92. The Morgan fingerprint density at radius 2 is 1.88 bits per heavy atom. The van der Waals surface area contributed by atoms with Crippen LogP contribution in [0.1, 0.15) is 23.6 Å². The summed E-state index contributed by atoms with van der Waals surface area (Å²) in [5.41, 5.74) is 3.86. The van der Waals surface area contributed by atoms with Crippen molar-refractivity contribution in [2.75, 3.05) is 48.5 Å². The van der Waals surface area contributed by atoms with E-state index in [0.717, 1.165) is 16.8 Å². The number of sulfonamides is 1. The fourth-order valence-electron chi connectivity index (χ4n) is 5.60. The Bertz CT molecular complexity index is 1530. The molecule has 2 N–H and O–H groups in total. The van der Waals surface area contributed by atoms with Crippen molar-refractivity contribution >= 4 is 44.6 Å². The van der Waals surface area contributed by atoms with Crippen LogP contribution in [0.4, 0.5) is 15.8 Å². The van der Waals surface area contributed by atoms with E-state index in [0.29, 0.717) is 48.0 Å². The second kappa shape index (κ2) is 11.5. The van der Waals surface area contributed by atoms with Crippen molar-refractivity contribution in [1.29, 1.82) is 0 Å². The van der Waals surface area contributed by atoms with Crippen LogP contribution in [0.5, 0.6) is 0 Å². The van der Waals surface area contributed by atoms with Gasteiger partial charge in [0, 0.05) is 31.7 Å². The van der Waals surface area contributed by atoms with Crippen LogP contribution in [0.25, 0.3) is 11.6 Å². The maximum atomic E-state index is 14.6. The van der Waals surface area contributed by atoms with Crippen molar-refractivity contribution in [3.63, 3.8) is 0 Å². The molecule has 10 heteroatoms. The van der Waals surface area contributed by atoms with Gasteiger partial charge in [-0.3, -0.25) is 9.21 Å². The second-order valence-corrected chi connectivity index (χ2v) is 12.7.